The smallest absolute Gasteiger partial charge is 0.158 e. The fourth-order valence-electron chi connectivity index (χ4n) is 1.78. The lowest BCUT2D eigenvalue weighted by molar-refractivity contribution is 0.561. The van der Waals surface area contributed by atoms with Crippen LogP contribution >= 0.6 is 0 Å². The fraction of sp³-hybridized carbons (Fsp3) is 0.538. The van der Waals surface area contributed by atoms with Crippen LogP contribution in [0.2, 0.25) is 0 Å². The van der Waals surface area contributed by atoms with Crippen LogP contribution in [0.15, 0.2) is 12.4 Å². The van der Waals surface area contributed by atoms with E-state index in [9.17, 15) is 0 Å². The van der Waals surface area contributed by atoms with E-state index < -0.39 is 0 Å². The second kappa shape index (κ2) is 3.58. The highest BCUT2D eigenvalue weighted by Crippen LogP contribution is 2.22. The molecule has 86 valence electrons. The number of aryl methyl sites for hydroxylation is 2. The minimum Gasteiger partial charge on any atom is -0.303 e. The lowest BCUT2D eigenvalue weighted by atomic mass is 9.92. The molecular weight excluding hydrogens is 198 g/mol. The van der Waals surface area contributed by atoms with Crippen molar-refractivity contribution in [2.45, 2.75) is 46.5 Å². The zero-order valence-corrected chi connectivity index (χ0v) is 10.7. The molecule has 3 heteroatoms. The summed E-state index contributed by atoms with van der Waals surface area (Å²) < 4.78 is 2.10. The van der Waals surface area contributed by atoms with Gasteiger partial charge in [-0.15, -0.1) is 0 Å². The Labute approximate surface area is 96.5 Å². The second-order valence-corrected chi connectivity index (χ2v) is 5.29. The Morgan fingerprint density at radius 3 is 2.44 bits per heavy atom. The predicted molar refractivity (Wildman–Crippen MR) is 65.8 cm³/mol. The molecule has 0 aliphatic carbocycles. The third kappa shape index (κ3) is 1.82. The summed E-state index contributed by atoms with van der Waals surface area (Å²) in [6.07, 6.45) is 5.07. The van der Waals surface area contributed by atoms with Crippen molar-refractivity contribution in [1.82, 2.24) is 14.4 Å². The average molecular weight is 217 g/mol. The molecule has 2 rings (SSSR count). The summed E-state index contributed by atoms with van der Waals surface area (Å²) in [5, 5.41) is 0. The summed E-state index contributed by atoms with van der Waals surface area (Å²) in [4.78, 5) is 9.23. The first-order valence-corrected chi connectivity index (χ1v) is 5.77. The topological polar surface area (TPSA) is 30.2 Å². The largest absolute Gasteiger partial charge is 0.303 e. The van der Waals surface area contributed by atoms with Gasteiger partial charge < -0.3 is 4.40 Å². The maximum Gasteiger partial charge on any atom is 0.158 e. The molecule has 0 atom stereocenters. The van der Waals surface area contributed by atoms with E-state index in [1.54, 1.807) is 0 Å². The highest BCUT2D eigenvalue weighted by atomic mass is 15.0. The van der Waals surface area contributed by atoms with E-state index in [4.69, 9.17) is 4.98 Å². The summed E-state index contributed by atoms with van der Waals surface area (Å²) in [6.45, 7) is 10.7. The first kappa shape index (κ1) is 11.1. The predicted octanol–water partition coefficient (Wildman–Crippen LogP) is 2.90. The normalized spacial score (nSPS) is 12.3. The minimum absolute atomic E-state index is 0.0796. The van der Waals surface area contributed by atoms with Crippen LogP contribution in [0, 0.1) is 6.92 Å². The van der Waals surface area contributed by atoms with Gasteiger partial charge in [0.05, 0.1) is 17.1 Å². The van der Waals surface area contributed by atoms with E-state index in [1.807, 2.05) is 6.92 Å². The van der Waals surface area contributed by atoms with Gasteiger partial charge in [-0.25, -0.2) is 4.98 Å². The highest BCUT2D eigenvalue weighted by Gasteiger charge is 2.18. The molecule has 0 N–H and O–H groups in total. The van der Waals surface area contributed by atoms with Crippen LogP contribution in [0.1, 0.15) is 44.8 Å². The molecule has 0 bridgehead atoms. The van der Waals surface area contributed by atoms with Crippen molar-refractivity contribution in [1.29, 1.82) is 0 Å². The van der Waals surface area contributed by atoms with Gasteiger partial charge in [-0.2, -0.15) is 0 Å². The van der Waals surface area contributed by atoms with Crippen molar-refractivity contribution in [3.8, 4) is 0 Å². The van der Waals surface area contributed by atoms with E-state index in [0.29, 0.717) is 0 Å². The SMILES string of the molecule is CCc1nc(C(C)(C)C)cn2cc(C)nc12. The van der Waals surface area contributed by atoms with Gasteiger partial charge in [0, 0.05) is 17.8 Å². The molecule has 2 aromatic rings. The molecule has 0 fully saturated rings. The molecule has 2 heterocycles. The minimum atomic E-state index is 0.0796. The summed E-state index contributed by atoms with van der Waals surface area (Å²) >= 11 is 0. The first-order chi connectivity index (χ1) is 7.41. The van der Waals surface area contributed by atoms with Crippen LogP contribution in [0.3, 0.4) is 0 Å². The summed E-state index contributed by atoms with van der Waals surface area (Å²) in [6, 6.07) is 0. The van der Waals surface area contributed by atoms with Gasteiger partial charge in [0.25, 0.3) is 0 Å². The van der Waals surface area contributed by atoms with Crippen LogP contribution in [0.25, 0.3) is 5.65 Å². The van der Waals surface area contributed by atoms with Crippen molar-refractivity contribution in [3.05, 3.63) is 29.5 Å². The molecule has 16 heavy (non-hydrogen) atoms. The van der Waals surface area contributed by atoms with Crippen LogP contribution in [0.4, 0.5) is 0 Å². The third-order valence-electron chi connectivity index (χ3n) is 2.73. The van der Waals surface area contributed by atoms with Crippen molar-refractivity contribution in [3.63, 3.8) is 0 Å². The molecule has 0 aliphatic rings. The Bertz CT molecular complexity index is 518. The van der Waals surface area contributed by atoms with Gasteiger partial charge in [0.2, 0.25) is 0 Å². The number of nitrogens with zero attached hydrogens (tertiary/aromatic N) is 3. The molecule has 0 amide bonds. The number of imidazole rings is 1. The van der Waals surface area contributed by atoms with Gasteiger partial charge in [-0.05, 0) is 13.3 Å². The number of rotatable bonds is 1. The van der Waals surface area contributed by atoms with Crippen LogP contribution in [0.5, 0.6) is 0 Å². The number of hydrogen-bond donors (Lipinski definition) is 0. The van der Waals surface area contributed by atoms with Crippen molar-refractivity contribution >= 4 is 5.65 Å². The zero-order valence-electron chi connectivity index (χ0n) is 10.7. The second-order valence-electron chi connectivity index (χ2n) is 5.29. The molecule has 0 aliphatic heterocycles. The molecule has 2 aromatic heterocycles. The van der Waals surface area contributed by atoms with Gasteiger partial charge in [-0.3, -0.25) is 4.98 Å². The van der Waals surface area contributed by atoms with Crippen LogP contribution < -0.4 is 0 Å². The van der Waals surface area contributed by atoms with E-state index in [-0.39, 0.29) is 5.41 Å². The third-order valence-corrected chi connectivity index (χ3v) is 2.73. The Hall–Kier alpha value is -1.38. The van der Waals surface area contributed by atoms with Gasteiger partial charge >= 0.3 is 0 Å². The lowest BCUT2D eigenvalue weighted by Gasteiger charge is -2.18. The highest BCUT2D eigenvalue weighted by molar-refractivity contribution is 5.46. The van der Waals surface area contributed by atoms with Gasteiger partial charge in [-0.1, -0.05) is 27.7 Å². The monoisotopic (exact) mass is 217 g/mol. The summed E-state index contributed by atoms with van der Waals surface area (Å²) in [5.74, 6) is 0. The van der Waals surface area contributed by atoms with E-state index in [1.165, 1.54) is 0 Å². The molecule has 0 aromatic carbocycles. The molecule has 0 saturated heterocycles. The summed E-state index contributed by atoms with van der Waals surface area (Å²) in [5.41, 5.74) is 4.32. The Kier molecular flexibility index (Phi) is 2.49. The lowest BCUT2D eigenvalue weighted by Crippen LogP contribution is -2.16. The maximum absolute atomic E-state index is 4.72. The van der Waals surface area contributed by atoms with Gasteiger partial charge in [0.1, 0.15) is 0 Å². The van der Waals surface area contributed by atoms with Crippen LogP contribution in [-0.4, -0.2) is 14.4 Å². The Morgan fingerprint density at radius 1 is 1.19 bits per heavy atom. The molecular formula is C13H19N3. The van der Waals surface area contributed by atoms with E-state index in [2.05, 4.69) is 49.5 Å². The van der Waals surface area contributed by atoms with Crippen molar-refractivity contribution in [2.75, 3.05) is 0 Å². The Balaban J connectivity index is 2.72. The molecule has 0 spiro atoms. The fourth-order valence-corrected chi connectivity index (χ4v) is 1.78. The molecule has 3 nitrogen and oxygen atoms in total. The number of fused-ring (bicyclic) bond motifs is 1. The zero-order chi connectivity index (χ0) is 11.9. The molecule has 0 radical (unpaired) electrons. The number of hydrogen-bond acceptors (Lipinski definition) is 2. The number of aromatic nitrogens is 3. The van der Waals surface area contributed by atoms with Crippen molar-refractivity contribution < 1.29 is 0 Å². The Morgan fingerprint density at radius 2 is 1.88 bits per heavy atom. The van der Waals surface area contributed by atoms with E-state index >= 15 is 0 Å². The van der Waals surface area contributed by atoms with E-state index in [0.717, 1.165) is 29.1 Å². The quantitative estimate of drug-likeness (QED) is 0.735. The standard InChI is InChI=1S/C13H19N3/c1-6-10-12-14-9(2)7-16(12)8-11(15-10)13(3,4)5/h7-8H,6H2,1-5H3. The molecule has 0 saturated carbocycles. The molecule has 0 unspecified atom stereocenters. The first-order valence-electron chi connectivity index (χ1n) is 5.77. The average Bonchev–Trinajstić information content (AvgIpc) is 2.54. The van der Waals surface area contributed by atoms with Crippen molar-refractivity contribution in [2.24, 2.45) is 0 Å². The summed E-state index contributed by atoms with van der Waals surface area (Å²) in [7, 11) is 0. The maximum atomic E-state index is 4.72. The van der Waals surface area contributed by atoms with Crippen LogP contribution in [-0.2, 0) is 11.8 Å². The van der Waals surface area contributed by atoms with Gasteiger partial charge in [0.15, 0.2) is 5.65 Å².